The summed E-state index contributed by atoms with van der Waals surface area (Å²) in [5.41, 5.74) is 2.47. The molecular weight excluding hydrogens is 472 g/mol. The Labute approximate surface area is 218 Å². The van der Waals surface area contributed by atoms with Crippen LogP contribution >= 0.6 is 11.8 Å². The monoisotopic (exact) mass is 508 g/mol. The number of methoxy groups -OCH3 is 1. The maximum absolute atomic E-state index is 13.0. The number of amides is 1. The van der Waals surface area contributed by atoms with Crippen molar-refractivity contribution in [1.82, 2.24) is 4.90 Å². The van der Waals surface area contributed by atoms with E-state index >= 15 is 0 Å². The fourth-order valence-corrected chi connectivity index (χ4v) is 5.24. The largest absolute Gasteiger partial charge is 0.497 e. The molecule has 4 rings (SSSR count). The van der Waals surface area contributed by atoms with Gasteiger partial charge in [0.25, 0.3) is 0 Å². The van der Waals surface area contributed by atoms with Crippen LogP contribution in [0.3, 0.4) is 0 Å². The molecule has 1 fully saturated rings. The highest BCUT2D eigenvalue weighted by Crippen LogP contribution is 2.28. The van der Waals surface area contributed by atoms with E-state index in [0.29, 0.717) is 18.8 Å². The molecule has 0 N–H and O–H groups in total. The van der Waals surface area contributed by atoms with Gasteiger partial charge in [0.05, 0.1) is 25.2 Å². The van der Waals surface area contributed by atoms with Gasteiger partial charge in [0.1, 0.15) is 22.2 Å². The molecule has 36 heavy (non-hydrogen) atoms. The zero-order chi connectivity index (χ0) is 25.5. The lowest BCUT2D eigenvalue weighted by atomic mass is 10.1. The van der Waals surface area contributed by atoms with Crippen LogP contribution in [0.15, 0.2) is 58.5 Å². The van der Waals surface area contributed by atoms with Crippen molar-refractivity contribution in [2.45, 2.75) is 39.3 Å². The molecule has 1 saturated heterocycles. The van der Waals surface area contributed by atoms with Gasteiger partial charge in [-0.15, -0.1) is 0 Å². The van der Waals surface area contributed by atoms with Crippen LogP contribution in [0.2, 0.25) is 0 Å². The van der Waals surface area contributed by atoms with Crippen molar-refractivity contribution >= 4 is 34.1 Å². The number of benzene rings is 2. The SMILES string of the molecule is CCCCOc1ccc(C2=NC(C)(C)N=C2SCC(=O)N2CCN(c3ccc(OC)cc3)CC2)cc1. The van der Waals surface area contributed by atoms with Crippen molar-refractivity contribution in [1.29, 1.82) is 0 Å². The summed E-state index contributed by atoms with van der Waals surface area (Å²) in [5.74, 6) is 2.21. The maximum Gasteiger partial charge on any atom is 0.233 e. The van der Waals surface area contributed by atoms with Crippen LogP contribution in [-0.2, 0) is 4.79 Å². The highest BCUT2D eigenvalue weighted by molar-refractivity contribution is 8.16. The normalized spacial score (nSPS) is 17.0. The topological polar surface area (TPSA) is 66.7 Å². The molecule has 0 radical (unpaired) electrons. The second-order valence-electron chi connectivity index (χ2n) is 9.45. The molecule has 8 heteroatoms. The molecule has 0 aromatic heterocycles. The lowest BCUT2D eigenvalue weighted by Crippen LogP contribution is -2.49. The van der Waals surface area contributed by atoms with Crippen LogP contribution in [0.4, 0.5) is 5.69 Å². The Morgan fingerprint density at radius 2 is 1.64 bits per heavy atom. The number of carbonyl (C=O) groups is 1. The summed E-state index contributed by atoms with van der Waals surface area (Å²) in [6.45, 7) is 9.91. The summed E-state index contributed by atoms with van der Waals surface area (Å²) < 4.78 is 11.0. The van der Waals surface area contributed by atoms with Crippen molar-refractivity contribution < 1.29 is 14.3 Å². The molecule has 0 unspecified atom stereocenters. The van der Waals surface area contributed by atoms with Crippen LogP contribution in [0.1, 0.15) is 39.2 Å². The van der Waals surface area contributed by atoms with Crippen LogP contribution in [0.5, 0.6) is 11.5 Å². The summed E-state index contributed by atoms with van der Waals surface area (Å²) >= 11 is 1.48. The molecule has 0 saturated carbocycles. The number of rotatable bonds is 9. The Morgan fingerprint density at radius 3 is 2.28 bits per heavy atom. The second-order valence-corrected chi connectivity index (χ2v) is 10.4. The van der Waals surface area contributed by atoms with Crippen molar-refractivity contribution in [3.63, 3.8) is 0 Å². The molecular formula is C28H36N4O3S. The smallest absolute Gasteiger partial charge is 0.233 e. The second kappa shape index (κ2) is 11.8. The Balaban J connectivity index is 1.31. The minimum absolute atomic E-state index is 0.140. The van der Waals surface area contributed by atoms with Crippen molar-refractivity contribution in [3.05, 3.63) is 54.1 Å². The van der Waals surface area contributed by atoms with Crippen LogP contribution in [-0.4, -0.2) is 72.9 Å². The minimum atomic E-state index is -0.527. The van der Waals surface area contributed by atoms with E-state index in [1.807, 2.05) is 55.1 Å². The molecule has 2 heterocycles. The number of anilines is 1. The molecule has 2 aliphatic heterocycles. The van der Waals surface area contributed by atoms with Crippen molar-refractivity contribution in [3.8, 4) is 11.5 Å². The average molecular weight is 509 g/mol. The number of thioether (sulfide) groups is 1. The minimum Gasteiger partial charge on any atom is -0.497 e. The maximum atomic E-state index is 13.0. The quantitative estimate of drug-likeness (QED) is 0.451. The predicted molar refractivity (Wildman–Crippen MR) is 149 cm³/mol. The Morgan fingerprint density at radius 1 is 0.972 bits per heavy atom. The van der Waals surface area contributed by atoms with Crippen LogP contribution in [0, 0.1) is 0 Å². The summed E-state index contributed by atoms with van der Waals surface area (Å²) in [6.07, 6.45) is 2.15. The van der Waals surface area contributed by atoms with Gasteiger partial charge in [-0.05, 0) is 68.8 Å². The molecule has 0 aliphatic carbocycles. The van der Waals surface area contributed by atoms with Gasteiger partial charge in [-0.2, -0.15) is 0 Å². The third kappa shape index (κ3) is 6.60. The van der Waals surface area contributed by atoms with E-state index in [1.54, 1.807) is 7.11 Å². The first kappa shape index (κ1) is 26.1. The van der Waals surface area contributed by atoms with E-state index in [2.05, 4.69) is 24.0 Å². The molecule has 192 valence electrons. The number of carbonyl (C=O) groups excluding carboxylic acids is 1. The average Bonchev–Trinajstić information content (AvgIpc) is 3.22. The van der Waals surface area contributed by atoms with Gasteiger partial charge < -0.3 is 19.3 Å². The molecule has 2 aromatic carbocycles. The Bertz CT molecular complexity index is 1090. The number of ether oxygens (including phenoxy) is 2. The van der Waals surface area contributed by atoms with E-state index in [4.69, 9.17) is 19.5 Å². The van der Waals surface area contributed by atoms with E-state index in [0.717, 1.165) is 66.0 Å². The predicted octanol–water partition coefficient (Wildman–Crippen LogP) is 4.89. The molecule has 0 spiro atoms. The zero-order valence-corrected chi connectivity index (χ0v) is 22.5. The lowest BCUT2D eigenvalue weighted by Gasteiger charge is -2.36. The van der Waals surface area contributed by atoms with Crippen molar-refractivity contribution in [2.75, 3.05) is 50.5 Å². The molecule has 0 bridgehead atoms. The standard InChI is InChI=1S/C28H36N4O3S/c1-5-6-19-35-24-11-7-21(8-12-24)26-27(30-28(2,3)29-26)36-20-25(33)32-17-15-31(16-18-32)22-9-13-23(34-4)14-10-22/h7-14H,5-6,15-20H2,1-4H3. The molecule has 2 aliphatic rings. The number of hydrogen-bond acceptors (Lipinski definition) is 7. The molecule has 2 aromatic rings. The molecule has 7 nitrogen and oxygen atoms in total. The first-order valence-corrected chi connectivity index (χ1v) is 13.6. The highest BCUT2D eigenvalue weighted by Gasteiger charge is 2.29. The number of piperazine rings is 1. The van der Waals surface area contributed by atoms with E-state index in [-0.39, 0.29) is 5.91 Å². The summed E-state index contributed by atoms with van der Waals surface area (Å²) in [6, 6.07) is 16.1. The number of unbranched alkanes of at least 4 members (excludes halogenated alkanes) is 1. The Hall–Kier alpha value is -3.00. The van der Waals surface area contributed by atoms with Crippen LogP contribution < -0.4 is 14.4 Å². The van der Waals surface area contributed by atoms with E-state index in [1.165, 1.54) is 11.8 Å². The Kier molecular flexibility index (Phi) is 8.56. The summed E-state index contributed by atoms with van der Waals surface area (Å²) in [4.78, 5) is 26.9. The van der Waals surface area contributed by atoms with Gasteiger partial charge in [0, 0.05) is 37.4 Å². The van der Waals surface area contributed by atoms with Crippen molar-refractivity contribution in [2.24, 2.45) is 9.98 Å². The zero-order valence-electron chi connectivity index (χ0n) is 21.7. The first-order chi connectivity index (χ1) is 17.4. The highest BCUT2D eigenvalue weighted by atomic mass is 32.2. The van der Waals surface area contributed by atoms with Crippen LogP contribution in [0.25, 0.3) is 0 Å². The molecule has 1 amide bonds. The summed E-state index contributed by atoms with van der Waals surface area (Å²) in [7, 11) is 1.67. The van der Waals surface area contributed by atoms with Gasteiger partial charge in [-0.3, -0.25) is 9.79 Å². The first-order valence-electron chi connectivity index (χ1n) is 12.6. The van der Waals surface area contributed by atoms with E-state index < -0.39 is 5.66 Å². The lowest BCUT2D eigenvalue weighted by molar-refractivity contribution is -0.128. The van der Waals surface area contributed by atoms with Gasteiger partial charge >= 0.3 is 0 Å². The molecule has 0 atom stereocenters. The van der Waals surface area contributed by atoms with Gasteiger partial charge in [-0.25, -0.2) is 4.99 Å². The van der Waals surface area contributed by atoms with Gasteiger partial charge in [-0.1, -0.05) is 25.1 Å². The third-order valence-corrected chi connectivity index (χ3v) is 7.21. The van der Waals surface area contributed by atoms with E-state index in [9.17, 15) is 4.79 Å². The van der Waals surface area contributed by atoms with Gasteiger partial charge in [0.2, 0.25) is 5.91 Å². The van der Waals surface area contributed by atoms with Gasteiger partial charge in [0.15, 0.2) is 0 Å². The fourth-order valence-electron chi connectivity index (χ4n) is 4.21. The fraction of sp³-hybridized carbons (Fsp3) is 0.464. The number of nitrogens with zero attached hydrogens (tertiary/aromatic N) is 4. The third-order valence-electron chi connectivity index (χ3n) is 6.26. The number of hydrogen-bond donors (Lipinski definition) is 0. The number of aliphatic imine (C=N–C) groups is 2. The summed E-state index contributed by atoms with van der Waals surface area (Å²) in [5, 5.41) is 0.824.